The zero-order valence-corrected chi connectivity index (χ0v) is 10.4. The van der Waals surface area contributed by atoms with Crippen LogP contribution in [0.2, 0.25) is 5.02 Å². The molecule has 2 rings (SSSR count). The first-order valence-electron chi connectivity index (χ1n) is 5.57. The Morgan fingerprint density at radius 2 is 2.24 bits per heavy atom. The average molecular weight is 251 g/mol. The largest absolute Gasteiger partial charge is 0.322 e. The van der Waals surface area contributed by atoms with E-state index in [0.717, 1.165) is 24.2 Å². The minimum absolute atomic E-state index is 0.123. The van der Waals surface area contributed by atoms with E-state index in [1.54, 1.807) is 12.3 Å². The Bertz CT molecular complexity index is 478. The molecular formula is C12H15ClN4. The number of rotatable bonds is 4. The third-order valence-corrected chi connectivity index (χ3v) is 2.82. The molecular weight excluding hydrogens is 236 g/mol. The van der Waals surface area contributed by atoms with Gasteiger partial charge < -0.3 is 5.73 Å². The summed E-state index contributed by atoms with van der Waals surface area (Å²) in [6, 6.07) is 3.54. The third-order valence-electron chi connectivity index (χ3n) is 2.60. The van der Waals surface area contributed by atoms with Crippen molar-refractivity contribution in [3.8, 4) is 0 Å². The standard InChI is InChI=1S/C12H15ClN4/c1-2-17-8-9(6-16-17)5-11(14)12-4-3-10(13)7-15-12/h3-4,6-8,11H,2,5,14H2,1H3. The van der Waals surface area contributed by atoms with Gasteiger partial charge in [-0.25, -0.2) is 0 Å². The summed E-state index contributed by atoms with van der Waals surface area (Å²) in [6.07, 6.45) is 6.20. The second-order valence-electron chi connectivity index (χ2n) is 3.92. The van der Waals surface area contributed by atoms with Gasteiger partial charge in [-0.3, -0.25) is 9.67 Å². The Hall–Kier alpha value is -1.39. The highest BCUT2D eigenvalue weighted by Gasteiger charge is 2.09. The molecule has 0 aliphatic carbocycles. The number of hydrogen-bond donors (Lipinski definition) is 1. The molecule has 4 nitrogen and oxygen atoms in total. The number of aromatic nitrogens is 3. The lowest BCUT2D eigenvalue weighted by Gasteiger charge is -2.09. The number of hydrogen-bond acceptors (Lipinski definition) is 3. The minimum atomic E-state index is -0.123. The van der Waals surface area contributed by atoms with Crippen molar-refractivity contribution in [2.45, 2.75) is 25.9 Å². The molecule has 0 aromatic carbocycles. The van der Waals surface area contributed by atoms with Crippen LogP contribution >= 0.6 is 11.6 Å². The lowest BCUT2D eigenvalue weighted by atomic mass is 10.1. The zero-order chi connectivity index (χ0) is 12.3. The van der Waals surface area contributed by atoms with Crippen molar-refractivity contribution in [2.75, 3.05) is 0 Å². The molecule has 0 bridgehead atoms. The maximum atomic E-state index is 6.09. The maximum Gasteiger partial charge on any atom is 0.0589 e. The first kappa shape index (κ1) is 12.1. The Morgan fingerprint density at radius 1 is 1.41 bits per heavy atom. The Kier molecular flexibility index (Phi) is 3.76. The van der Waals surface area contributed by atoms with Gasteiger partial charge in [0, 0.05) is 18.9 Å². The highest BCUT2D eigenvalue weighted by atomic mass is 35.5. The van der Waals surface area contributed by atoms with Crippen molar-refractivity contribution in [1.82, 2.24) is 14.8 Å². The predicted molar refractivity (Wildman–Crippen MR) is 67.8 cm³/mol. The highest BCUT2D eigenvalue weighted by molar-refractivity contribution is 6.30. The molecule has 0 saturated heterocycles. The number of halogens is 1. The van der Waals surface area contributed by atoms with Crippen molar-refractivity contribution < 1.29 is 0 Å². The van der Waals surface area contributed by atoms with E-state index in [1.807, 2.05) is 23.1 Å². The second-order valence-corrected chi connectivity index (χ2v) is 4.35. The summed E-state index contributed by atoms with van der Waals surface area (Å²) < 4.78 is 1.89. The fraction of sp³-hybridized carbons (Fsp3) is 0.333. The molecule has 2 heterocycles. The van der Waals surface area contributed by atoms with Crippen LogP contribution in [-0.4, -0.2) is 14.8 Å². The molecule has 90 valence electrons. The van der Waals surface area contributed by atoms with Crippen LogP contribution in [0.4, 0.5) is 0 Å². The molecule has 1 unspecified atom stereocenters. The van der Waals surface area contributed by atoms with Crippen LogP contribution < -0.4 is 5.73 Å². The summed E-state index contributed by atoms with van der Waals surface area (Å²) >= 11 is 5.78. The number of nitrogens with zero attached hydrogens (tertiary/aromatic N) is 3. The van der Waals surface area contributed by atoms with Gasteiger partial charge in [0.25, 0.3) is 0 Å². The molecule has 5 heteroatoms. The van der Waals surface area contributed by atoms with E-state index in [4.69, 9.17) is 17.3 Å². The Morgan fingerprint density at radius 3 is 2.82 bits per heavy atom. The van der Waals surface area contributed by atoms with E-state index < -0.39 is 0 Å². The van der Waals surface area contributed by atoms with Crippen LogP contribution in [0, 0.1) is 0 Å². The molecule has 0 amide bonds. The van der Waals surface area contributed by atoms with E-state index >= 15 is 0 Å². The third kappa shape index (κ3) is 3.05. The van der Waals surface area contributed by atoms with Crippen LogP contribution in [-0.2, 0) is 13.0 Å². The fourth-order valence-corrected chi connectivity index (χ4v) is 1.76. The summed E-state index contributed by atoms with van der Waals surface area (Å²) in [4.78, 5) is 4.22. The Balaban J connectivity index is 2.05. The van der Waals surface area contributed by atoms with Gasteiger partial charge in [0.1, 0.15) is 0 Å². The monoisotopic (exact) mass is 250 g/mol. The van der Waals surface area contributed by atoms with E-state index in [9.17, 15) is 0 Å². The second kappa shape index (κ2) is 5.29. The maximum absolute atomic E-state index is 6.09. The summed E-state index contributed by atoms with van der Waals surface area (Å²) in [6.45, 7) is 2.92. The SMILES string of the molecule is CCn1cc(CC(N)c2ccc(Cl)cn2)cn1. The fourth-order valence-electron chi connectivity index (χ4n) is 1.65. The summed E-state index contributed by atoms with van der Waals surface area (Å²) in [7, 11) is 0. The summed E-state index contributed by atoms with van der Waals surface area (Å²) in [5.74, 6) is 0. The Labute approximate surface area is 105 Å². The number of pyridine rings is 1. The van der Waals surface area contributed by atoms with Gasteiger partial charge in [-0.15, -0.1) is 0 Å². The van der Waals surface area contributed by atoms with E-state index in [2.05, 4.69) is 17.0 Å². The van der Waals surface area contributed by atoms with Crippen molar-refractivity contribution in [2.24, 2.45) is 5.73 Å². The van der Waals surface area contributed by atoms with Crippen LogP contribution in [0.25, 0.3) is 0 Å². The van der Waals surface area contributed by atoms with E-state index in [0.29, 0.717) is 5.02 Å². The summed E-state index contributed by atoms with van der Waals surface area (Å²) in [5.41, 5.74) is 8.05. The molecule has 1 atom stereocenters. The molecule has 17 heavy (non-hydrogen) atoms. The van der Waals surface area contributed by atoms with E-state index in [-0.39, 0.29) is 6.04 Å². The molecule has 2 N–H and O–H groups in total. The lowest BCUT2D eigenvalue weighted by Crippen LogP contribution is -2.14. The summed E-state index contributed by atoms with van der Waals surface area (Å²) in [5, 5.41) is 4.84. The number of aryl methyl sites for hydroxylation is 1. The normalized spacial score (nSPS) is 12.6. The van der Waals surface area contributed by atoms with Crippen LogP contribution in [0.3, 0.4) is 0 Å². The van der Waals surface area contributed by atoms with Crippen molar-refractivity contribution in [3.63, 3.8) is 0 Å². The van der Waals surface area contributed by atoms with Crippen molar-refractivity contribution in [3.05, 3.63) is 47.0 Å². The zero-order valence-electron chi connectivity index (χ0n) is 9.68. The minimum Gasteiger partial charge on any atom is -0.322 e. The van der Waals surface area contributed by atoms with Gasteiger partial charge in [0.2, 0.25) is 0 Å². The molecule has 2 aromatic heterocycles. The van der Waals surface area contributed by atoms with Crippen LogP contribution in [0.15, 0.2) is 30.7 Å². The van der Waals surface area contributed by atoms with Gasteiger partial charge in [-0.2, -0.15) is 5.10 Å². The topological polar surface area (TPSA) is 56.7 Å². The van der Waals surface area contributed by atoms with Crippen molar-refractivity contribution in [1.29, 1.82) is 0 Å². The predicted octanol–water partition coefficient (Wildman–Crippen LogP) is 2.19. The highest BCUT2D eigenvalue weighted by Crippen LogP contribution is 2.15. The first-order chi connectivity index (χ1) is 8.19. The quantitative estimate of drug-likeness (QED) is 0.905. The van der Waals surface area contributed by atoms with Crippen LogP contribution in [0.1, 0.15) is 24.2 Å². The molecule has 2 aromatic rings. The first-order valence-corrected chi connectivity index (χ1v) is 5.95. The molecule has 0 aliphatic rings. The molecule has 0 spiro atoms. The van der Waals surface area contributed by atoms with Gasteiger partial charge >= 0.3 is 0 Å². The van der Waals surface area contributed by atoms with Gasteiger partial charge in [-0.05, 0) is 31.0 Å². The molecule has 0 aliphatic heterocycles. The van der Waals surface area contributed by atoms with E-state index in [1.165, 1.54) is 0 Å². The lowest BCUT2D eigenvalue weighted by molar-refractivity contribution is 0.656. The van der Waals surface area contributed by atoms with Gasteiger partial charge in [-0.1, -0.05) is 11.6 Å². The van der Waals surface area contributed by atoms with Crippen LogP contribution in [0.5, 0.6) is 0 Å². The number of nitrogens with two attached hydrogens (primary N) is 1. The van der Waals surface area contributed by atoms with Crippen molar-refractivity contribution >= 4 is 11.6 Å². The molecule has 0 saturated carbocycles. The van der Waals surface area contributed by atoms with Gasteiger partial charge in [0.15, 0.2) is 0 Å². The smallest absolute Gasteiger partial charge is 0.0589 e. The van der Waals surface area contributed by atoms with Gasteiger partial charge in [0.05, 0.1) is 23.0 Å². The molecule has 0 fully saturated rings. The average Bonchev–Trinajstić information content (AvgIpc) is 2.77. The molecule has 0 radical (unpaired) electrons.